The lowest BCUT2D eigenvalue weighted by molar-refractivity contribution is 0.0869. The van der Waals surface area contributed by atoms with Gasteiger partial charge < -0.3 is 10.2 Å². The maximum absolute atomic E-state index is 12.4. The second-order valence-electron chi connectivity index (χ2n) is 6.62. The second kappa shape index (κ2) is 8.81. The van der Waals surface area contributed by atoms with Gasteiger partial charge in [-0.3, -0.25) is 4.79 Å². The minimum atomic E-state index is -2.44. The molecule has 0 saturated heterocycles. The van der Waals surface area contributed by atoms with Gasteiger partial charge in [-0.05, 0) is 51.2 Å². The maximum atomic E-state index is 12.4. The maximum Gasteiger partial charge on any atom is 0.288 e. The first-order valence-electron chi connectivity index (χ1n) is 8.43. The second-order valence-corrected chi connectivity index (χ2v) is 7.68. The Morgan fingerprint density at radius 1 is 1.17 bits per heavy atom. The molecule has 6 heteroatoms. The van der Waals surface area contributed by atoms with E-state index in [0.717, 1.165) is 12.8 Å². The van der Waals surface area contributed by atoms with Crippen molar-refractivity contribution in [1.82, 2.24) is 10.2 Å². The highest BCUT2D eigenvalue weighted by Gasteiger charge is 2.33. The highest BCUT2D eigenvalue weighted by molar-refractivity contribution is 7.99. The largest absolute Gasteiger partial charge is 0.350 e. The molecule has 0 bridgehead atoms. The third kappa shape index (κ3) is 5.18. The van der Waals surface area contributed by atoms with Crippen molar-refractivity contribution >= 4 is 17.7 Å². The van der Waals surface area contributed by atoms with Crippen molar-refractivity contribution in [3.63, 3.8) is 0 Å². The quantitative estimate of drug-likeness (QED) is 0.606. The van der Waals surface area contributed by atoms with Crippen LogP contribution < -0.4 is 5.32 Å². The van der Waals surface area contributed by atoms with Gasteiger partial charge in [-0.1, -0.05) is 37.4 Å². The first-order chi connectivity index (χ1) is 11.4. The molecule has 0 unspecified atom stereocenters. The van der Waals surface area contributed by atoms with Gasteiger partial charge in [-0.2, -0.15) is 8.78 Å². The summed E-state index contributed by atoms with van der Waals surface area (Å²) in [6.45, 7) is 0.617. The summed E-state index contributed by atoms with van der Waals surface area (Å²) < 4.78 is 24.7. The summed E-state index contributed by atoms with van der Waals surface area (Å²) in [4.78, 5) is 15.1. The van der Waals surface area contributed by atoms with Crippen molar-refractivity contribution < 1.29 is 13.6 Å². The molecule has 0 aliphatic heterocycles. The molecule has 1 aliphatic carbocycles. The number of likely N-dealkylation sites (N-methyl/N-ethyl adjacent to an activating group) is 1. The third-order valence-corrected chi connectivity index (χ3v) is 5.63. The van der Waals surface area contributed by atoms with Gasteiger partial charge in [0.25, 0.3) is 11.7 Å². The van der Waals surface area contributed by atoms with Crippen LogP contribution in [0.25, 0.3) is 0 Å². The van der Waals surface area contributed by atoms with Crippen molar-refractivity contribution in [2.75, 3.05) is 20.6 Å². The summed E-state index contributed by atoms with van der Waals surface area (Å²) in [5, 5.41) is 3.04. The van der Waals surface area contributed by atoms with Gasteiger partial charge in [-0.15, -0.1) is 0 Å². The van der Waals surface area contributed by atoms with Gasteiger partial charge in [0, 0.05) is 22.5 Å². The van der Waals surface area contributed by atoms with Crippen molar-refractivity contribution in [3.05, 3.63) is 29.8 Å². The molecule has 2 rings (SSSR count). The fourth-order valence-corrected chi connectivity index (χ4v) is 3.80. The van der Waals surface area contributed by atoms with E-state index in [4.69, 9.17) is 0 Å². The predicted molar refractivity (Wildman–Crippen MR) is 94.8 cm³/mol. The normalized spacial score (nSPS) is 17.8. The number of benzene rings is 1. The van der Waals surface area contributed by atoms with Gasteiger partial charge in [0.05, 0.1) is 0 Å². The fraction of sp³-hybridized carbons (Fsp3) is 0.611. The number of rotatable bonds is 6. The summed E-state index contributed by atoms with van der Waals surface area (Å²) in [6.07, 6.45) is 7.06. The Hall–Kier alpha value is -1.14. The highest BCUT2D eigenvalue weighted by Crippen LogP contribution is 2.30. The van der Waals surface area contributed by atoms with Crippen molar-refractivity contribution in [3.8, 4) is 0 Å². The van der Waals surface area contributed by atoms with Gasteiger partial charge in [-0.25, -0.2) is 0 Å². The topological polar surface area (TPSA) is 32.3 Å². The number of halogens is 2. The lowest BCUT2D eigenvalue weighted by Gasteiger charge is -2.39. The zero-order valence-corrected chi connectivity index (χ0v) is 15.2. The van der Waals surface area contributed by atoms with Crippen LogP contribution in [0.15, 0.2) is 29.2 Å². The molecule has 24 heavy (non-hydrogen) atoms. The minimum absolute atomic E-state index is 0.0115. The molecule has 134 valence electrons. The molecule has 0 aromatic heterocycles. The molecular weight excluding hydrogens is 330 g/mol. The Morgan fingerprint density at radius 2 is 1.75 bits per heavy atom. The van der Waals surface area contributed by atoms with E-state index >= 15 is 0 Å². The summed E-state index contributed by atoms with van der Waals surface area (Å²) in [7, 11) is 4.15. The van der Waals surface area contributed by atoms with E-state index < -0.39 is 5.76 Å². The zero-order chi connectivity index (χ0) is 17.6. The summed E-state index contributed by atoms with van der Waals surface area (Å²) in [5.74, 6) is -2.59. The van der Waals surface area contributed by atoms with E-state index in [-0.39, 0.29) is 11.4 Å². The summed E-state index contributed by atoms with van der Waals surface area (Å²) in [5.41, 5.74) is 0.522. The number of nitrogens with one attached hydrogen (secondary N) is 1. The Bertz CT molecular complexity index is 526. The molecule has 1 amide bonds. The SMILES string of the molecule is CN(C)C1(CNC(=O)c2ccc(SC(F)F)cc2)CCCCCC1. The van der Waals surface area contributed by atoms with Crippen LogP contribution in [0.4, 0.5) is 8.78 Å². The monoisotopic (exact) mass is 356 g/mol. The molecule has 1 N–H and O–H groups in total. The van der Waals surface area contributed by atoms with E-state index in [9.17, 15) is 13.6 Å². The van der Waals surface area contributed by atoms with Gasteiger partial charge in [0.15, 0.2) is 0 Å². The molecule has 0 spiro atoms. The van der Waals surface area contributed by atoms with E-state index in [1.807, 2.05) is 0 Å². The number of nitrogens with zero attached hydrogens (tertiary/aromatic N) is 1. The standard InChI is InChI=1S/C18H26F2N2OS/c1-22(2)18(11-5-3-4-6-12-18)13-21-16(23)14-7-9-15(10-8-14)24-17(19)20/h7-10,17H,3-6,11-13H2,1-2H3,(H,21,23). The highest BCUT2D eigenvalue weighted by atomic mass is 32.2. The molecular formula is C18H26F2N2OS. The number of hydrogen-bond donors (Lipinski definition) is 1. The molecule has 1 aromatic carbocycles. The first-order valence-corrected chi connectivity index (χ1v) is 9.31. The van der Waals surface area contributed by atoms with E-state index in [1.54, 1.807) is 24.3 Å². The van der Waals surface area contributed by atoms with Gasteiger partial charge in [0.2, 0.25) is 0 Å². The molecule has 1 saturated carbocycles. The molecule has 1 aliphatic rings. The smallest absolute Gasteiger partial charge is 0.288 e. The average molecular weight is 356 g/mol. The summed E-state index contributed by atoms with van der Waals surface area (Å²) in [6, 6.07) is 6.35. The molecule has 3 nitrogen and oxygen atoms in total. The van der Waals surface area contributed by atoms with Crippen molar-refractivity contribution in [1.29, 1.82) is 0 Å². The molecule has 0 atom stereocenters. The fourth-order valence-electron chi connectivity index (χ4n) is 3.30. The van der Waals surface area contributed by atoms with E-state index in [1.165, 1.54) is 25.7 Å². The van der Waals surface area contributed by atoms with Crippen LogP contribution in [-0.4, -0.2) is 42.7 Å². The molecule has 0 radical (unpaired) electrons. The van der Waals surface area contributed by atoms with Crippen LogP contribution in [-0.2, 0) is 0 Å². The Balaban J connectivity index is 1.97. The number of thioether (sulfide) groups is 1. The number of hydrogen-bond acceptors (Lipinski definition) is 3. The number of amides is 1. The Kier molecular flexibility index (Phi) is 7.04. The van der Waals surface area contributed by atoms with Crippen molar-refractivity contribution in [2.24, 2.45) is 0 Å². The van der Waals surface area contributed by atoms with Crippen LogP contribution in [0.3, 0.4) is 0 Å². The van der Waals surface area contributed by atoms with Crippen LogP contribution in [0.5, 0.6) is 0 Å². The lowest BCUT2D eigenvalue weighted by atomic mass is 9.88. The number of carbonyl (C=O) groups is 1. The number of alkyl halides is 2. The van der Waals surface area contributed by atoms with Crippen LogP contribution in [0.2, 0.25) is 0 Å². The van der Waals surface area contributed by atoms with E-state index in [2.05, 4.69) is 24.3 Å². The van der Waals surface area contributed by atoms with E-state index in [0.29, 0.717) is 28.8 Å². The van der Waals surface area contributed by atoms with Gasteiger partial charge >= 0.3 is 0 Å². The van der Waals surface area contributed by atoms with Crippen LogP contribution in [0, 0.1) is 0 Å². The first kappa shape index (κ1) is 19.2. The molecule has 0 heterocycles. The number of carbonyl (C=O) groups excluding carboxylic acids is 1. The third-order valence-electron chi connectivity index (χ3n) is 4.90. The van der Waals surface area contributed by atoms with Crippen molar-refractivity contribution in [2.45, 2.75) is 54.7 Å². The lowest BCUT2D eigenvalue weighted by Crippen LogP contribution is -2.52. The summed E-state index contributed by atoms with van der Waals surface area (Å²) >= 11 is 0.489. The Labute approximate surface area is 147 Å². The minimum Gasteiger partial charge on any atom is -0.350 e. The average Bonchev–Trinajstić information content (AvgIpc) is 2.79. The predicted octanol–water partition coefficient (Wildman–Crippen LogP) is 4.39. The zero-order valence-electron chi connectivity index (χ0n) is 14.4. The molecule has 1 aromatic rings. The van der Waals surface area contributed by atoms with Crippen LogP contribution >= 0.6 is 11.8 Å². The molecule has 1 fully saturated rings. The Morgan fingerprint density at radius 3 is 2.25 bits per heavy atom. The van der Waals surface area contributed by atoms with Crippen LogP contribution in [0.1, 0.15) is 48.9 Å². The van der Waals surface area contributed by atoms with Gasteiger partial charge in [0.1, 0.15) is 0 Å².